The lowest BCUT2D eigenvalue weighted by Crippen LogP contribution is -2.13. The van der Waals surface area contributed by atoms with Crippen molar-refractivity contribution in [3.8, 4) is 6.07 Å². The molecule has 0 fully saturated rings. The normalized spacial score (nSPS) is 13.1. The summed E-state index contributed by atoms with van der Waals surface area (Å²) in [5.41, 5.74) is 2.42. The summed E-state index contributed by atoms with van der Waals surface area (Å²) >= 11 is 0. The van der Waals surface area contributed by atoms with Crippen molar-refractivity contribution in [3.05, 3.63) is 28.6 Å². The topological polar surface area (TPSA) is 75.2 Å². The Kier molecular flexibility index (Phi) is 4.90. The Hall–Kier alpha value is -2.06. The number of rotatable bonds is 5. The van der Waals surface area contributed by atoms with Crippen molar-refractivity contribution >= 4 is 12.0 Å². The van der Waals surface area contributed by atoms with Crippen LogP contribution in [0.15, 0.2) is 11.6 Å². The number of ether oxygens (including phenoxy) is 1. The second-order valence-corrected chi connectivity index (χ2v) is 4.48. The van der Waals surface area contributed by atoms with Crippen molar-refractivity contribution in [1.29, 1.82) is 5.26 Å². The maximum Gasteiger partial charge on any atom is 0.346 e. The summed E-state index contributed by atoms with van der Waals surface area (Å²) in [5, 5.41) is 17.7. The minimum absolute atomic E-state index is 0.155. The lowest BCUT2D eigenvalue weighted by molar-refractivity contribution is -0.132. The molecule has 1 heterocycles. The second-order valence-electron chi connectivity index (χ2n) is 4.48. The largest absolute Gasteiger partial charge is 0.477 e. The molecule has 1 atom stereocenters. The Bertz CT molecular complexity index is 550. The molecule has 1 aromatic rings. The zero-order chi connectivity index (χ0) is 14.6. The molecule has 0 saturated heterocycles. The molecule has 0 aliphatic heterocycles. The standard InChI is InChI=1S/C14H18N2O3/c1-9-5-12(6-13(7-15)14(17)18)11(3)16(9)10(2)8-19-4/h5-6,10H,8H2,1-4H3,(H,17,18). The summed E-state index contributed by atoms with van der Waals surface area (Å²) in [6.07, 6.45) is 1.40. The Morgan fingerprint density at radius 1 is 1.63 bits per heavy atom. The highest BCUT2D eigenvalue weighted by Crippen LogP contribution is 2.22. The van der Waals surface area contributed by atoms with Crippen molar-refractivity contribution in [3.63, 3.8) is 0 Å². The van der Waals surface area contributed by atoms with Crippen LogP contribution in [-0.4, -0.2) is 29.4 Å². The Morgan fingerprint density at radius 3 is 2.74 bits per heavy atom. The van der Waals surface area contributed by atoms with Crippen LogP contribution in [0.3, 0.4) is 0 Å². The van der Waals surface area contributed by atoms with E-state index in [-0.39, 0.29) is 11.6 Å². The van der Waals surface area contributed by atoms with Crippen LogP contribution in [0.1, 0.15) is 29.9 Å². The van der Waals surface area contributed by atoms with Crippen LogP contribution >= 0.6 is 0 Å². The summed E-state index contributed by atoms with van der Waals surface area (Å²) in [6.45, 7) is 6.45. The maximum absolute atomic E-state index is 10.9. The van der Waals surface area contributed by atoms with E-state index < -0.39 is 5.97 Å². The molecule has 0 radical (unpaired) electrons. The van der Waals surface area contributed by atoms with E-state index in [1.807, 2.05) is 26.8 Å². The zero-order valence-electron chi connectivity index (χ0n) is 11.6. The summed E-state index contributed by atoms with van der Waals surface area (Å²) < 4.78 is 7.21. The molecular weight excluding hydrogens is 244 g/mol. The average Bonchev–Trinajstić information content (AvgIpc) is 2.61. The number of nitrogens with zero attached hydrogens (tertiary/aromatic N) is 2. The molecule has 5 nitrogen and oxygen atoms in total. The fraction of sp³-hybridized carbons (Fsp3) is 0.429. The molecule has 0 amide bonds. The molecule has 19 heavy (non-hydrogen) atoms. The summed E-state index contributed by atoms with van der Waals surface area (Å²) in [7, 11) is 1.64. The summed E-state index contributed by atoms with van der Waals surface area (Å²) in [5.74, 6) is -1.21. The highest BCUT2D eigenvalue weighted by molar-refractivity contribution is 5.96. The quantitative estimate of drug-likeness (QED) is 0.652. The van der Waals surface area contributed by atoms with Gasteiger partial charge < -0.3 is 14.4 Å². The van der Waals surface area contributed by atoms with Crippen LogP contribution < -0.4 is 0 Å². The van der Waals surface area contributed by atoms with Gasteiger partial charge in [0.05, 0.1) is 12.6 Å². The molecule has 0 bridgehead atoms. The van der Waals surface area contributed by atoms with E-state index in [1.54, 1.807) is 13.2 Å². The molecular formula is C14H18N2O3. The van der Waals surface area contributed by atoms with Gasteiger partial charge in [-0.05, 0) is 38.5 Å². The summed E-state index contributed by atoms with van der Waals surface area (Å²) in [4.78, 5) is 10.9. The van der Waals surface area contributed by atoms with Gasteiger partial charge in [0, 0.05) is 18.5 Å². The number of carboxylic acids is 1. The van der Waals surface area contributed by atoms with Gasteiger partial charge >= 0.3 is 5.97 Å². The van der Waals surface area contributed by atoms with Gasteiger partial charge in [-0.3, -0.25) is 0 Å². The Balaban J connectivity index is 3.24. The average molecular weight is 262 g/mol. The highest BCUT2D eigenvalue weighted by atomic mass is 16.5. The van der Waals surface area contributed by atoms with Gasteiger partial charge in [-0.2, -0.15) is 5.26 Å². The number of aliphatic carboxylic acids is 1. The SMILES string of the molecule is COCC(C)n1c(C)cc(C=C(C#N)C(=O)O)c1C. The third kappa shape index (κ3) is 3.24. The minimum atomic E-state index is -1.21. The van der Waals surface area contributed by atoms with Gasteiger partial charge in [-0.15, -0.1) is 0 Å². The molecule has 1 unspecified atom stereocenters. The molecule has 1 aromatic heterocycles. The Morgan fingerprint density at radius 2 is 2.26 bits per heavy atom. The fourth-order valence-electron chi connectivity index (χ4n) is 2.24. The Labute approximate surface area is 112 Å². The lowest BCUT2D eigenvalue weighted by Gasteiger charge is -2.17. The van der Waals surface area contributed by atoms with E-state index in [4.69, 9.17) is 15.1 Å². The van der Waals surface area contributed by atoms with Crippen LogP contribution in [0.4, 0.5) is 0 Å². The van der Waals surface area contributed by atoms with Crippen molar-refractivity contribution in [2.75, 3.05) is 13.7 Å². The van der Waals surface area contributed by atoms with Crippen molar-refractivity contribution in [2.24, 2.45) is 0 Å². The van der Waals surface area contributed by atoms with E-state index in [9.17, 15) is 4.79 Å². The predicted molar refractivity (Wildman–Crippen MR) is 71.7 cm³/mol. The first-order valence-electron chi connectivity index (χ1n) is 5.94. The number of hydrogen-bond acceptors (Lipinski definition) is 3. The molecule has 102 valence electrons. The molecule has 0 saturated carbocycles. The van der Waals surface area contributed by atoms with E-state index in [0.717, 1.165) is 17.0 Å². The van der Waals surface area contributed by atoms with E-state index in [1.165, 1.54) is 6.08 Å². The number of carboxylic acid groups (broad SMARTS) is 1. The van der Waals surface area contributed by atoms with Crippen LogP contribution in [0, 0.1) is 25.2 Å². The fourth-order valence-corrected chi connectivity index (χ4v) is 2.24. The zero-order valence-corrected chi connectivity index (χ0v) is 11.6. The molecule has 0 aliphatic rings. The number of hydrogen-bond donors (Lipinski definition) is 1. The van der Waals surface area contributed by atoms with Gasteiger partial charge in [0.25, 0.3) is 0 Å². The van der Waals surface area contributed by atoms with Gasteiger partial charge in [0.1, 0.15) is 11.6 Å². The molecule has 5 heteroatoms. The minimum Gasteiger partial charge on any atom is -0.477 e. The first-order valence-corrected chi connectivity index (χ1v) is 5.94. The monoisotopic (exact) mass is 262 g/mol. The number of aromatic nitrogens is 1. The van der Waals surface area contributed by atoms with Crippen LogP contribution in [0.2, 0.25) is 0 Å². The van der Waals surface area contributed by atoms with Crippen LogP contribution in [0.25, 0.3) is 6.08 Å². The van der Waals surface area contributed by atoms with E-state index in [2.05, 4.69) is 4.57 Å². The number of nitriles is 1. The van der Waals surface area contributed by atoms with Crippen molar-refractivity contribution in [2.45, 2.75) is 26.8 Å². The number of methoxy groups -OCH3 is 1. The first-order chi connectivity index (χ1) is 8.92. The molecule has 0 spiro atoms. The molecule has 0 aliphatic carbocycles. The molecule has 1 N–H and O–H groups in total. The third-order valence-corrected chi connectivity index (χ3v) is 3.02. The van der Waals surface area contributed by atoms with E-state index in [0.29, 0.717) is 6.61 Å². The highest BCUT2D eigenvalue weighted by Gasteiger charge is 2.15. The maximum atomic E-state index is 10.9. The lowest BCUT2D eigenvalue weighted by atomic mass is 10.1. The predicted octanol–water partition coefficient (Wildman–Crippen LogP) is 2.30. The van der Waals surface area contributed by atoms with Crippen molar-refractivity contribution in [1.82, 2.24) is 4.57 Å². The van der Waals surface area contributed by atoms with Gasteiger partial charge in [-0.25, -0.2) is 4.79 Å². The molecule has 1 rings (SSSR count). The van der Waals surface area contributed by atoms with Gasteiger partial charge in [-0.1, -0.05) is 0 Å². The van der Waals surface area contributed by atoms with Gasteiger partial charge in [0.2, 0.25) is 0 Å². The number of carbonyl (C=O) groups is 1. The number of aryl methyl sites for hydroxylation is 1. The van der Waals surface area contributed by atoms with Gasteiger partial charge in [0.15, 0.2) is 0 Å². The van der Waals surface area contributed by atoms with Crippen molar-refractivity contribution < 1.29 is 14.6 Å². The third-order valence-electron chi connectivity index (χ3n) is 3.02. The first kappa shape index (κ1) is 15.0. The smallest absolute Gasteiger partial charge is 0.346 e. The van der Waals surface area contributed by atoms with E-state index >= 15 is 0 Å². The second kappa shape index (κ2) is 6.21. The van der Waals surface area contributed by atoms with Crippen LogP contribution in [-0.2, 0) is 9.53 Å². The van der Waals surface area contributed by atoms with Crippen LogP contribution in [0.5, 0.6) is 0 Å². The summed E-state index contributed by atoms with van der Waals surface area (Å²) in [6, 6.07) is 3.72. The molecule has 0 aromatic carbocycles.